The van der Waals surface area contributed by atoms with Crippen LogP contribution >= 0.6 is 0 Å². The quantitative estimate of drug-likeness (QED) is 0.424. The molecular weight excluding hydrogens is 466 g/mol. The molecule has 0 saturated carbocycles. The van der Waals surface area contributed by atoms with Crippen molar-refractivity contribution >= 4 is 17.4 Å². The summed E-state index contributed by atoms with van der Waals surface area (Å²) in [6, 6.07) is 6.33. The molecule has 2 aliphatic heterocycles. The highest BCUT2D eigenvalue weighted by Crippen LogP contribution is 2.37. The van der Waals surface area contributed by atoms with E-state index in [4.69, 9.17) is 4.74 Å². The number of halogens is 4. The van der Waals surface area contributed by atoms with Crippen LogP contribution in [0.1, 0.15) is 32.7 Å². The molecule has 4 aromatic rings. The van der Waals surface area contributed by atoms with Crippen LogP contribution in [0.15, 0.2) is 42.9 Å². The molecule has 2 aliphatic rings. The maximum atomic E-state index is 14.6. The smallest absolute Gasteiger partial charge is 0.416 e. The van der Waals surface area contributed by atoms with Crippen LogP contribution in [0.25, 0.3) is 16.6 Å². The number of imidazole rings is 1. The minimum absolute atomic E-state index is 0.0469. The predicted octanol–water partition coefficient (Wildman–Crippen LogP) is 4.34. The van der Waals surface area contributed by atoms with Gasteiger partial charge in [0.15, 0.2) is 5.69 Å². The number of anilines is 1. The highest BCUT2D eigenvalue weighted by Gasteiger charge is 2.32. The lowest BCUT2D eigenvalue weighted by Gasteiger charge is -2.19. The normalized spacial score (nSPS) is 14.6. The molecule has 0 atom stereocenters. The van der Waals surface area contributed by atoms with Gasteiger partial charge >= 0.3 is 6.18 Å². The first-order valence-corrected chi connectivity index (χ1v) is 10.8. The van der Waals surface area contributed by atoms with E-state index in [-0.39, 0.29) is 30.5 Å². The third kappa shape index (κ3) is 3.46. The molecule has 178 valence electrons. The summed E-state index contributed by atoms with van der Waals surface area (Å²) in [5.74, 6) is 0.0571. The van der Waals surface area contributed by atoms with Crippen LogP contribution in [0.4, 0.5) is 23.5 Å². The van der Waals surface area contributed by atoms with Crippen LogP contribution in [0.3, 0.4) is 0 Å². The zero-order valence-corrected chi connectivity index (χ0v) is 18.0. The van der Waals surface area contributed by atoms with Crippen LogP contribution in [0.2, 0.25) is 0 Å². The van der Waals surface area contributed by atoms with Gasteiger partial charge in [-0.25, -0.2) is 14.4 Å². The van der Waals surface area contributed by atoms with Gasteiger partial charge < -0.3 is 15.4 Å². The molecule has 2 aromatic heterocycles. The van der Waals surface area contributed by atoms with E-state index in [1.54, 1.807) is 6.07 Å². The van der Waals surface area contributed by atoms with Crippen molar-refractivity contribution in [1.29, 1.82) is 0 Å². The van der Waals surface area contributed by atoms with Gasteiger partial charge in [-0.1, -0.05) is 6.07 Å². The van der Waals surface area contributed by atoms with Gasteiger partial charge in [0.1, 0.15) is 17.9 Å². The van der Waals surface area contributed by atoms with Gasteiger partial charge in [-0.3, -0.25) is 9.20 Å². The van der Waals surface area contributed by atoms with Crippen molar-refractivity contribution in [3.8, 4) is 16.9 Å². The standard InChI is InChI=1S/C24H17F4N5O2/c25-18-3-4-19-14(5-6-35-19)16(18)9-30-23-31-10-17-15-7-13(24(26,27)28)2-1-12(15)8-29-22(34)20-21(17)33(23)11-32-20/h1-4,7,10-11H,5-6,8-9H2,(H,29,34)(H,30,31). The van der Waals surface area contributed by atoms with Crippen LogP contribution < -0.4 is 15.4 Å². The zero-order chi connectivity index (χ0) is 24.3. The number of carbonyl (C=O) groups excluding carboxylic acids is 1. The molecule has 7 nitrogen and oxygen atoms in total. The lowest BCUT2D eigenvalue weighted by molar-refractivity contribution is -0.137. The minimum atomic E-state index is -4.53. The van der Waals surface area contributed by atoms with Crippen LogP contribution in [-0.4, -0.2) is 26.9 Å². The summed E-state index contributed by atoms with van der Waals surface area (Å²) in [6.07, 6.45) is -1.16. The highest BCUT2D eigenvalue weighted by molar-refractivity contribution is 6.04. The Kier molecular flexibility index (Phi) is 4.70. The van der Waals surface area contributed by atoms with Crippen molar-refractivity contribution in [2.24, 2.45) is 0 Å². The summed E-state index contributed by atoms with van der Waals surface area (Å²) in [7, 11) is 0. The van der Waals surface area contributed by atoms with Crippen LogP contribution in [0.5, 0.6) is 5.75 Å². The van der Waals surface area contributed by atoms with Crippen LogP contribution in [0, 0.1) is 5.82 Å². The largest absolute Gasteiger partial charge is 0.493 e. The molecule has 0 saturated heterocycles. The number of carbonyl (C=O) groups is 1. The Bertz CT molecular complexity index is 1510. The Morgan fingerprint density at radius 1 is 1.14 bits per heavy atom. The van der Waals surface area contributed by atoms with Crippen molar-refractivity contribution in [1.82, 2.24) is 19.7 Å². The van der Waals surface area contributed by atoms with Gasteiger partial charge in [-0.2, -0.15) is 13.2 Å². The molecule has 2 N–H and O–H groups in total. The summed E-state index contributed by atoms with van der Waals surface area (Å²) in [5.41, 5.74) is 1.95. The van der Waals surface area contributed by atoms with Gasteiger partial charge in [-0.05, 0) is 35.4 Å². The Morgan fingerprint density at radius 3 is 2.83 bits per heavy atom. The van der Waals surface area contributed by atoms with Crippen LogP contribution in [-0.2, 0) is 25.7 Å². The monoisotopic (exact) mass is 483 g/mol. The summed E-state index contributed by atoms with van der Waals surface area (Å²) in [6.45, 7) is 0.613. The Labute approximate surface area is 195 Å². The van der Waals surface area contributed by atoms with Gasteiger partial charge in [0.25, 0.3) is 5.91 Å². The summed E-state index contributed by atoms with van der Waals surface area (Å²) in [4.78, 5) is 21.3. The average Bonchev–Trinajstić information content (AvgIpc) is 3.48. The third-order valence-electron chi connectivity index (χ3n) is 6.31. The van der Waals surface area contributed by atoms with Gasteiger partial charge in [0.2, 0.25) is 5.95 Å². The Hall–Kier alpha value is -4.15. The molecule has 0 unspecified atom stereocenters. The van der Waals surface area contributed by atoms with E-state index < -0.39 is 17.6 Å². The van der Waals surface area contributed by atoms with E-state index in [0.717, 1.165) is 17.7 Å². The minimum Gasteiger partial charge on any atom is -0.493 e. The fraction of sp³-hybridized carbons (Fsp3) is 0.208. The molecule has 35 heavy (non-hydrogen) atoms. The second-order valence-electron chi connectivity index (χ2n) is 8.31. The van der Waals surface area contributed by atoms with E-state index >= 15 is 0 Å². The average molecular weight is 483 g/mol. The van der Waals surface area contributed by atoms with E-state index in [0.29, 0.717) is 46.5 Å². The molecule has 4 heterocycles. The number of nitrogens with one attached hydrogen (secondary N) is 2. The molecule has 0 aliphatic carbocycles. The van der Waals surface area contributed by atoms with Gasteiger partial charge in [-0.15, -0.1) is 0 Å². The van der Waals surface area contributed by atoms with E-state index in [2.05, 4.69) is 20.6 Å². The Balaban J connectivity index is 1.46. The maximum absolute atomic E-state index is 14.6. The van der Waals surface area contributed by atoms with Crippen molar-refractivity contribution in [3.05, 3.63) is 76.6 Å². The van der Waals surface area contributed by atoms with E-state index in [1.165, 1.54) is 29.1 Å². The van der Waals surface area contributed by atoms with Crippen molar-refractivity contribution < 1.29 is 27.1 Å². The fourth-order valence-electron chi connectivity index (χ4n) is 4.60. The van der Waals surface area contributed by atoms with Crippen molar-refractivity contribution in [2.75, 3.05) is 11.9 Å². The number of amides is 1. The third-order valence-corrected chi connectivity index (χ3v) is 6.31. The first kappa shape index (κ1) is 21.4. The number of hydrogen-bond acceptors (Lipinski definition) is 5. The maximum Gasteiger partial charge on any atom is 0.416 e. The number of nitrogens with zero attached hydrogens (tertiary/aromatic N) is 3. The highest BCUT2D eigenvalue weighted by atomic mass is 19.4. The molecule has 1 amide bonds. The number of aromatic nitrogens is 3. The molecule has 0 bridgehead atoms. The van der Waals surface area contributed by atoms with Gasteiger partial charge in [0.05, 0.1) is 17.7 Å². The topological polar surface area (TPSA) is 80.5 Å². The van der Waals surface area contributed by atoms with E-state index in [9.17, 15) is 22.4 Å². The number of rotatable bonds is 3. The SMILES string of the molecule is O=C1NCc2ccc(C(F)(F)F)cc2-c2cnc(NCc3c(F)ccc4c3CCO4)n3cnc1c23. The lowest BCUT2D eigenvalue weighted by atomic mass is 9.95. The summed E-state index contributed by atoms with van der Waals surface area (Å²) < 4.78 is 61.9. The molecule has 11 heteroatoms. The number of fused-ring (bicyclic) bond motifs is 3. The molecule has 2 aromatic carbocycles. The fourth-order valence-corrected chi connectivity index (χ4v) is 4.60. The van der Waals surface area contributed by atoms with Crippen molar-refractivity contribution in [3.63, 3.8) is 0 Å². The second-order valence-corrected chi connectivity index (χ2v) is 8.31. The summed E-state index contributed by atoms with van der Waals surface area (Å²) in [5, 5.41) is 5.78. The van der Waals surface area contributed by atoms with E-state index in [1.807, 2.05) is 0 Å². The zero-order valence-electron chi connectivity index (χ0n) is 18.0. The molecule has 6 rings (SSSR count). The first-order valence-electron chi connectivity index (χ1n) is 10.8. The van der Waals surface area contributed by atoms with Crippen molar-refractivity contribution in [2.45, 2.75) is 25.7 Å². The molecule has 0 spiro atoms. The number of alkyl halides is 3. The number of benzene rings is 2. The predicted molar refractivity (Wildman–Crippen MR) is 118 cm³/mol. The summed E-state index contributed by atoms with van der Waals surface area (Å²) >= 11 is 0. The van der Waals surface area contributed by atoms with Gasteiger partial charge in [0, 0.05) is 42.4 Å². The lowest BCUT2D eigenvalue weighted by Crippen LogP contribution is -2.25. The number of hydrogen-bond donors (Lipinski definition) is 2. The number of ether oxygens (including phenoxy) is 1. The Morgan fingerprint density at radius 2 is 2.00 bits per heavy atom. The first-order chi connectivity index (χ1) is 16.8. The molecule has 0 radical (unpaired) electrons. The molecular formula is C24H17F4N5O2. The second kappa shape index (κ2) is 7.69. The molecule has 0 fully saturated rings.